The number of aromatic amines is 1. The Morgan fingerprint density at radius 2 is 1.97 bits per heavy atom. The van der Waals surface area contributed by atoms with Crippen LogP contribution in [-0.2, 0) is 11.3 Å². The number of aromatic nitrogens is 4. The van der Waals surface area contributed by atoms with Gasteiger partial charge in [-0.15, -0.1) is 0 Å². The molecule has 0 aliphatic carbocycles. The monoisotopic (exact) mass is 473 g/mol. The molecule has 1 aliphatic rings. The number of fused-ring (bicyclic) bond motifs is 2. The summed E-state index contributed by atoms with van der Waals surface area (Å²) < 4.78 is 12.1. The first kappa shape index (κ1) is 22.6. The van der Waals surface area contributed by atoms with Crippen LogP contribution in [0.25, 0.3) is 27.5 Å². The van der Waals surface area contributed by atoms with E-state index in [0.29, 0.717) is 54.9 Å². The number of hydrogen-bond donors (Lipinski definition) is 1. The van der Waals surface area contributed by atoms with E-state index in [4.69, 9.17) is 9.47 Å². The number of benzene rings is 1. The van der Waals surface area contributed by atoms with Crippen LogP contribution >= 0.6 is 0 Å². The lowest BCUT2D eigenvalue weighted by Crippen LogP contribution is -2.34. The SMILES string of the molecule is COc1cc2ncn(CCCC(=O)N3CC=C(c4c[nH]c5ncccc45)CC3)c(=O)c2cc1OC. The van der Waals surface area contributed by atoms with E-state index in [1.165, 1.54) is 19.0 Å². The van der Waals surface area contributed by atoms with Crippen molar-refractivity contribution in [3.63, 3.8) is 0 Å². The van der Waals surface area contributed by atoms with Gasteiger partial charge in [0.25, 0.3) is 5.56 Å². The zero-order valence-corrected chi connectivity index (χ0v) is 19.8. The van der Waals surface area contributed by atoms with Crippen molar-refractivity contribution in [2.75, 3.05) is 27.3 Å². The molecular weight excluding hydrogens is 446 g/mol. The number of methoxy groups -OCH3 is 2. The summed E-state index contributed by atoms with van der Waals surface area (Å²) in [6, 6.07) is 7.33. The van der Waals surface area contributed by atoms with E-state index >= 15 is 0 Å². The van der Waals surface area contributed by atoms with E-state index in [2.05, 4.69) is 27.1 Å². The molecule has 0 bridgehead atoms. The largest absolute Gasteiger partial charge is 0.493 e. The molecule has 0 fully saturated rings. The molecule has 35 heavy (non-hydrogen) atoms. The second-order valence-electron chi connectivity index (χ2n) is 8.49. The molecule has 3 aromatic heterocycles. The lowest BCUT2D eigenvalue weighted by molar-refractivity contribution is -0.130. The normalized spacial score (nSPS) is 13.8. The smallest absolute Gasteiger partial charge is 0.261 e. The van der Waals surface area contributed by atoms with E-state index in [0.717, 1.165) is 23.0 Å². The fraction of sp³-hybridized carbons (Fsp3) is 0.308. The van der Waals surface area contributed by atoms with Crippen molar-refractivity contribution in [1.82, 2.24) is 24.4 Å². The minimum absolute atomic E-state index is 0.0918. The number of pyridine rings is 1. The Morgan fingerprint density at radius 1 is 1.14 bits per heavy atom. The zero-order valence-electron chi connectivity index (χ0n) is 19.8. The van der Waals surface area contributed by atoms with Crippen LogP contribution in [0.3, 0.4) is 0 Å². The summed E-state index contributed by atoms with van der Waals surface area (Å²) in [5, 5.41) is 1.56. The van der Waals surface area contributed by atoms with Crippen molar-refractivity contribution < 1.29 is 14.3 Å². The van der Waals surface area contributed by atoms with Gasteiger partial charge in [-0.2, -0.15) is 0 Å². The average molecular weight is 474 g/mol. The summed E-state index contributed by atoms with van der Waals surface area (Å²) in [5.74, 6) is 1.10. The molecule has 0 spiro atoms. The number of nitrogens with one attached hydrogen (secondary N) is 1. The van der Waals surface area contributed by atoms with Crippen molar-refractivity contribution in [2.24, 2.45) is 0 Å². The van der Waals surface area contributed by atoms with Crippen LogP contribution in [0.4, 0.5) is 0 Å². The summed E-state index contributed by atoms with van der Waals surface area (Å²) in [4.78, 5) is 39.5. The van der Waals surface area contributed by atoms with Gasteiger partial charge in [0, 0.05) is 55.5 Å². The Hall–Kier alpha value is -4.14. The van der Waals surface area contributed by atoms with Crippen LogP contribution in [0.2, 0.25) is 0 Å². The molecular formula is C26H27N5O4. The molecule has 0 unspecified atom stereocenters. The highest BCUT2D eigenvalue weighted by molar-refractivity contribution is 5.91. The highest BCUT2D eigenvalue weighted by atomic mass is 16.5. The Kier molecular flexibility index (Phi) is 6.22. The molecule has 9 heteroatoms. The first-order valence-corrected chi connectivity index (χ1v) is 11.6. The molecule has 1 N–H and O–H groups in total. The third kappa shape index (κ3) is 4.37. The molecule has 1 aliphatic heterocycles. The molecule has 1 aromatic carbocycles. The predicted molar refractivity (Wildman–Crippen MR) is 134 cm³/mol. The van der Waals surface area contributed by atoms with Crippen molar-refractivity contribution in [3.8, 4) is 11.5 Å². The topological polar surface area (TPSA) is 102 Å². The van der Waals surface area contributed by atoms with Crippen molar-refractivity contribution in [2.45, 2.75) is 25.8 Å². The van der Waals surface area contributed by atoms with Gasteiger partial charge < -0.3 is 19.4 Å². The third-order valence-corrected chi connectivity index (χ3v) is 6.48. The van der Waals surface area contributed by atoms with Gasteiger partial charge in [0.2, 0.25) is 5.91 Å². The van der Waals surface area contributed by atoms with Gasteiger partial charge in [-0.1, -0.05) is 6.08 Å². The second-order valence-corrected chi connectivity index (χ2v) is 8.49. The van der Waals surface area contributed by atoms with Gasteiger partial charge in [0.15, 0.2) is 11.5 Å². The van der Waals surface area contributed by atoms with E-state index in [-0.39, 0.29) is 11.5 Å². The number of aryl methyl sites for hydroxylation is 1. The summed E-state index contributed by atoms with van der Waals surface area (Å²) >= 11 is 0. The molecule has 180 valence electrons. The summed E-state index contributed by atoms with van der Waals surface area (Å²) in [7, 11) is 3.07. The number of ether oxygens (including phenoxy) is 2. The van der Waals surface area contributed by atoms with Crippen molar-refractivity contribution in [1.29, 1.82) is 0 Å². The number of hydrogen-bond acceptors (Lipinski definition) is 6. The average Bonchev–Trinajstić information content (AvgIpc) is 3.33. The predicted octanol–water partition coefficient (Wildman–Crippen LogP) is 3.39. The molecule has 0 radical (unpaired) electrons. The van der Waals surface area contributed by atoms with Crippen molar-refractivity contribution >= 4 is 33.4 Å². The lowest BCUT2D eigenvalue weighted by Gasteiger charge is -2.26. The molecule has 4 aromatic rings. The van der Waals surface area contributed by atoms with Gasteiger partial charge in [-0.3, -0.25) is 14.2 Å². The number of nitrogens with zero attached hydrogens (tertiary/aromatic N) is 4. The Bertz CT molecular complexity index is 1490. The van der Waals surface area contributed by atoms with Crippen LogP contribution in [0.5, 0.6) is 11.5 Å². The number of carbonyl (C=O) groups excluding carboxylic acids is 1. The van der Waals surface area contributed by atoms with Gasteiger partial charge in [-0.25, -0.2) is 9.97 Å². The van der Waals surface area contributed by atoms with E-state index in [1.54, 1.807) is 30.0 Å². The lowest BCUT2D eigenvalue weighted by atomic mass is 9.99. The van der Waals surface area contributed by atoms with Crippen molar-refractivity contribution in [3.05, 3.63) is 65.0 Å². The summed E-state index contributed by atoms with van der Waals surface area (Å²) in [5.41, 5.74) is 3.63. The van der Waals surface area contributed by atoms with Gasteiger partial charge in [-0.05, 0) is 36.6 Å². The first-order valence-electron chi connectivity index (χ1n) is 11.6. The number of rotatable bonds is 7. The van der Waals surface area contributed by atoms with Gasteiger partial charge in [0.05, 0.1) is 31.4 Å². The summed E-state index contributed by atoms with van der Waals surface area (Å²) in [6.45, 7) is 1.68. The third-order valence-electron chi connectivity index (χ3n) is 6.48. The maximum Gasteiger partial charge on any atom is 0.261 e. The van der Waals surface area contributed by atoms with Crippen LogP contribution < -0.4 is 15.0 Å². The Morgan fingerprint density at radius 3 is 2.74 bits per heavy atom. The van der Waals surface area contributed by atoms with Crippen LogP contribution in [0.1, 0.15) is 24.8 Å². The number of carbonyl (C=O) groups is 1. The van der Waals surface area contributed by atoms with E-state index in [9.17, 15) is 9.59 Å². The zero-order chi connectivity index (χ0) is 24.4. The van der Waals surface area contributed by atoms with Gasteiger partial charge in [0.1, 0.15) is 5.65 Å². The molecule has 0 saturated carbocycles. The Labute approximate surface area is 202 Å². The van der Waals surface area contributed by atoms with E-state index < -0.39 is 0 Å². The standard InChI is InChI=1S/C26H27N5O4/c1-34-22-13-19-21(14-23(22)35-2)29-16-31(26(19)33)10-4-6-24(32)30-11-7-17(8-12-30)20-15-28-25-18(20)5-3-9-27-25/h3,5,7,9,13-16H,4,6,8,10-12H2,1-2H3,(H,27,28). The van der Waals surface area contributed by atoms with Crippen LogP contribution in [0, 0.1) is 0 Å². The highest BCUT2D eigenvalue weighted by Gasteiger charge is 2.19. The highest BCUT2D eigenvalue weighted by Crippen LogP contribution is 2.30. The quantitative estimate of drug-likeness (QED) is 0.441. The molecule has 9 nitrogen and oxygen atoms in total. The molecule has 1 amide bonds. The maximum absolute atomic E-state index is 12.9. The first-order chi connectivity index (χ1) is 17.1. The van der Waals surface area contributed by atoms with Crippen LogP contribution in [0.15, 0.2) is 53.9 Å². The fourth-order valence-electron chi connectivity index (χ4n) is 4.57. The number of amides is 1. The van der Waals surface area contributed by atoms with Gasteiger partial charge >= 0.3 is 0 Å². The Balaban J connectivity index is 1.21. The number of H-pyrrole nitrogens is 1. The minimum atomic E-state index is -0.165. The molecule has 0 saturated heterocycles. The maximum atomic E-state index is 12.9. The molecule has 4 heterocycles. The summed E-state index contributed by atoms with van der Waals surface area (Å²) in [6.07, 6.45) is 9.13. The fourth-order valence-corrected chi connectivity index (χ4v) is 4.57. The van der Waals surface area contributed by atoms with E-state index in [1.807, 2.05) is 17.2 Å². The minimum Gasteiger partial charge on any atom is -0.493 e. The molecule has 5 rings (SSSR count). The van der Waals surface area contributed by atoms with Crippen LogP contribution in [-0.4, -0.2) is 57.6 Å². The molecule has 0 atom stereocenters. The second kappa shape index (κ2) is 9.61.